The number of pyridine rings is 1. The summed E-state index contributed by atoms with van der Waals surface area (Å²) in [5.41, 5.74) is 6.30. The highest BCUT2D eigenvalue weighted by Crippen LogP contribution is 2.30. The predicted octanol–water partition coefficient (Wildman–Crippen LogP) is 2.59. The summed E-state index contributed by atoms with van der Waals surface area (Å²) < 4.78 is 0.600. The minimum atomic E-state index is -0.419. The first-order valence-corrected chi connectivity index (χ1v) is 5.82. The third-order valence-electron chi connectivity index (χ3n) is 2.49. The molecule has 0 aliphatic heterocycles. The first-order chi connectivity index (χ1) is 7.47. The van der Waals surface area contributed by atoms with Crippen LogP contribution in [0.25, 0.3) is 0 Å². The van der Waals surface area contributed by atoms with Crippen LogP contribution in [0.3, 0.4) is 0 Å². The van der Waals surface area contributed by atoms with Crippen LogP contribution in [-0.2, 0) is 0 Å². The Labute approximate surface area is 102 Å². The zero-order valence-electron chi connectivity index (χ0n) is 9.18. The monoisotopic (exact) mass is 287 g/mol. The minimum Gasteiger partial charge on any atom is -0.327 e. The molecule has 16 heavy (non-hydrogen) atoms. The number of aromatic nitrogens is 1. The van der Waals surface area contributed by atoms with Gasteiger partial charge in [0.1, 0.15) is 5.69 Å². The van der Waals surface area contributed by atoms with Gasteiger partial charge in [-0.05, 0) is 29.3 Å². The first-order valence-electron chi connectivity index (χ1n) is 5.02. The maximum Gasteiger partial charge on any atom is 0.292 e. The zero-order chi connectivity index (χ0) is 12.3. The maximum atomic E-state index is 10.9. The van der Waals surface area contributed by atoms with Gasteiger partial charge in [-0.15, -0.1) is 0 Å². The van der Waals surface area contributed by atoms with Gasteiger partial charge in [-0.1, -0.05) is 6.92 Å². The van der Waals surface area contributed by atoms with Crippen LogP contribution < -0.4 is 5.73 Å². The van der Waals surface area contributed by atoms with E-state index in [0.717, 1.165) is 6.42 Å². The van der Waals surface area contributed by atoms with Crippen molar-refractivity contribution in [3.8, 4) is 0 Å². The molecule has 1 aromatic rings. The fraction of sp³-hybridized carbons (Fsp3) is 0.500. The lowest BCUT2D eigenvalue weighted by Gasteiger charge is -2.18. The highest BCUT2D eigenvalue weighted by molar-refractivity contribution is 9.10. The summed E-state index contributed by atoms with van der Waals surface area (Å²) >= 11 is 3.17. The van der Waals surface area contributed by atoms with E-state index in [0.29, 0.717) is 10.2 Å². The van der Waals surface area contributed by atoms with Crippen LogP contribution in [0.1, 0.15) is 31.9 Å². The van der Waals surface area contributed by atoms with E-state index in [1.807, 2.05) is 13.8 Å². The predicted molar refractivity (Wildman–Crippen MR) is 65.3 cm³/mol. The summed E-state index contributed by atoms with van der Waals surface area (Å²) in [6, 6.07) is 1.31. The van der Waals surface area contributed by atoms with Gasteiger partial charge in [-0.25, -0.2) is 0 Å². The maximum absolute atomic E-state index is 10.9. The smallest absolute Gasteiger partial charge is 0.292 e. The molecule has 0 aliphatic carbocycles. The molecular formula is C10H14BrN3O2. The van der Waals surface area contributed by atoms with Gasteiger partial charge in [0.2, 0.25) is 0 Å². The molecule has 0 aliphatic rings. The van der Waals surface area contributed by atoms with Gasteiger partial charge < -0.3 is 5.73 Å². The number of halogens is 1. The van der Waals surface area contributed by atoms with E-state index in [2.05, 4.69) is 20.9 Å². The molecule has 1 rings (SSSR count). The molecule has 6 heteroatoms. The standard InChI is InChI=1S/C10H14BrN3O2/c1-3-8(6(2)12)10-9(14(15)16)4-7(11)5-13-10/h4-6,8H,3,12H2,1-2H3. The fourth-order valence-electron chi connectivity index (χ4n) is 1.69. The summed E-state index contributed by atoms with van der Waals surface area (Å²) in [4.78, 5) is 14.6. The molecule has 2 N–H and O–H groups in total. The summed E-state index contributed by atoms with van der Waals surface area (Å²) in [5, 5.41) is 10.9. The topological polar surface area (TPSA) is 82.0 Å². The second-order valence-electron chi connectivity index (χ2n) is 3.69. The normalized spacial score (nSPS) is 14.5. The molecule has 2 unspecified atom stereocenters. The van der Waals surface area contributed by atoms with Crippen molar-refractivity contribution >= 4 is 21.6 Å². The molecule has 0 saturated carbocycles. The van der Waals surface area contributed by atoms with Gasteiger partial charge >= 0.3 is 0 Å². The van der Waals surface area contributed by atoms with Gasteiger partial charge in [0.15, 0.2) is 0 Å². The Kier molecular flexibility index (Phi) is 4.37. The third kappa shape index (κ3) is 2.76. The molecule has 5 nitrogen and oxygen atoms in total. The summed E-state index contributed by atoms with van der Waals surface area (Å²) in [5.74, 6) is -0.0894. The van der Waals surface area contributed by atoms with Crippen LogP contribution in [0.2, 0.25) is 0 Å². The molecule has 0 radical (unpaired) electrons. The van der Waals surface area contributed by atoms with Crippen LogP contribution >= 0.6 is 15.9 Å². The molecule has 0 amide bonds. The van der Waals surface area contributed by atoms with E-state index < -0.39 is 4.92 Å². The SMILES string of the molecule is CCC(c1ncc(Br)cc1[N+](=O)[O-])C(C)N. The van der Waals surface area contributed by atoms with Crippen molar-refractivity contribution in [1.82, 2.24) is 4.98 Å². The molecule has 0 spiro atoms. The van der Waals surface area contributed by atoms with E-state index in [1.54, 1.807) is 6.20 Å². The van der Waals surface area contributed by atoms with Gasteiger partial charge in [-0.3, -0.25) is 15.1 Å². The number of hydrogen-bond acceptors (Lipinski definition) is 4. The molecule has 0 aromatic carbocycles. The molecule has 0 saturated heterocycles. The number of rotatable bonds is 4. The minimum absolute atomic E-state index is 0.0264. The molecular weight excluding hydrogens is 274 g/mol. The second-order valence-corrected chi connectivity index (χ2v) is 4.60. The van der Waals surface area contributed by atoms with Crippen molar-refractivity contribution < 1.29 is 4.92 Å². The Hall–Kier alpha value is -1.01. The number of nitrogens with two attached hydrogens (primary N) is 1. The number of hydrogen-bond donors (Lipinski definition) is 1. The lowest BCUT2D eigenvalue weighted by molar-refractivity contribution is -0.386. The lowest BCUT2D eigenvalue weighted by Crippen LogP contribution is -2.25. The van der Waals surface area contributed by atoms with Gasteiger partial charge in [0, 0.05) is 28.7 Å². The average molecular weight is 288 g/mol. The van der Waals surface area contributed by atoms with Crippen molar-refractivity contribution in [3.63, 3.8) is 0 Å². The summed E-state index contributed by atoms with van der Waals surface area (Å²) in [6.07, 6.45) is 2.29. The van der Waals surface area contributed by atoms with Crippen LogP contribution in [-0.4, -0.2) is 15.9 Å². The quantitative estimate of drug-likeness (QED) is 0.682. The fourth-order valence-corrected chi connectivity index (χ4v) is 2.00. The van der Waals surface area contributed by atoms with Crippen molar-refractivity contribution in [2.75, 3.05) is 0 Å². The molecule has 88 valence electrons. The van der Waals surface area contributed by atoms with E-state index >= 15 is 0 Å². The highest BCUT2D eigenvalue weighted by atomic mass is 79.9. The van der Waals surface area contributed by atoms with E-state index in [-0.39, 0.29) is 17.6 Å². The largest absolute Gasteiger partial charge is 0.327 e. The lowest BCUT2D eigenvalue weighted by atomic mass is 9.93. The van der Waals surface area contributed by atoms with Crippen LogP contribution in [0, 0.1) is 10.1 Å². The number of nitro groups is 1. The highest BCUT2D eigenvalue weighted by Gasteiger charge is 2.25. The Bertz CT molecular complexity index is 396. The Balaban J connectivity index is 3.26. The molecule has 1 heterocycles. The number of nitrogens with zero attached hydrogens (tertiary/aromatic N) is 2. The second kappa shape index (κ2) is 5.36. The average Bonchev–Trinajstić information content (AvgIpc) is 2.20. The molecule has 1 aromatic heterocycles. The summed E-state index contributed by atoms with van der Waals surface area (Å²) in [6.45, 7) is 3.78. The zero-order valence-corrected chi connectivity index (χ0v) is 10.8. The Morgan fingerprint density at radius 1 is 1.69 bits per heavy atom. The van der Waals surface area contributed by atoms with Crippen molar-refractivity contribution in [3.05, 3.63) is 32.5 Å². The van der Waals surface area contributed by atoms with Gasteiger partial charge in [0.05, 0.1) is 4.92 Å². The van der Waals surface area contributed by atoms with Crippen molar-refractivity contribution in [2.24, 2.45) is 5.73 Å². The van der Waals surface area contributed by atoms with Gasteiger partial charge in [-0.2, -0.15) is 0 Å². The van der Waals surface area contributed by atoms with Crippen molar-refractivity contribution in [2.45, 2.75) is 32.2 Å². The Morgan fingerprint density at radius 3 is 2.75 bits per heavy atom. The summed E-state index contributed by atoms with van der Waals surface area (Å²) in [7, 11) is 0. The van der Waals surface area contributed by atoms with E-state index in [1.165, 1.54) is 6.07 Å². The van der Waals surface area contributed by atoms with Crippen molar-refractivity contribution in [1.29, 1.82) is 0 Å². The van der Waals surface area contributed by atoms with E-state index in [9.17, 15) is 10.1 Å². The Morgan fingerprint density at radius 2 is 2.31 bits per heavy atom. The van der Waals surface area contributed by atoms with E-state index in [4.69, 9.17) is 5.73 Å². The molecule has 2 atom stereocenters. The molecule has 0 fully saturated rings. The first kappa shape index (κ1) is 13.1. The van der Waals surface area contributed by atoms with Gasteiger partial charge in [0.25, 0.3) is 5.69 Å². The molecule has 0 bridgehead atoms. The third-order valence-corrected chi connectivity index (χ3v) is 2.92. The van der Waals surface area contributed by atoms with Crippen LogP contribution in [0.15, 0.2) is 16.7 Å². The van der Waals surface area contributed by atoms with Crippen LogP contribution in [0.5, 0.6) is 0 Å². The van der Waals surface area contributed by atoms with Crippen LogP contribution in [0.4, 0.5) is 5.69 Å².